The molecule has 0 amide bonds. The minimum Gasteiger partial charge on any atom is -0.458 e. The van der Waals surface area contributed by atoms with E-state index in [-0.39, 0.29) is 0 Å². The lowest BCUT2D eigenvalue weighted by molar-refractivity contribution is 0.293. The standard InChI is InChI=1S/C7H20O2Si2/c1-10(7-5-6-8)9-11(2,3)4/h8,10H,5-7H2,1-4H3. The van der Waals surface area contributed by atoms with Crippen LogP contribution in [0.1, 0.15) is 6.42 Å². The van der Waals surface area contributed by atoms with Gasteiger partial charge >= 0.3 is 0 Å². The van der Waals surface area contributed by atoms with Gasteiger partial charge in [0.25, 0.3) is 0 Å². The normalized spacial score (nSPS) is 15.0. The van der Waals surface area contributed by atoms with E-state index in [1.807, 2.05) is 0 Å². The maximum Gasteiger partial charge on any atom is 0.170 e. The zero-order chi connectivity index (χ0) is 8.91. The van der Waals surface area contributed by atoms with Crippen molar-refractivity contribution in [1.29, 1.82) is 0 Å². The lowest BCUT2D eigenvalue weighted by Crippen LogP contribution is -2.32. The van der Waals surface area contributed by atoms with E-state index in [2.05, 4.69) is 26.2 Å². The highest BCUT2D eigenvalue weighted by atomic mass is 28.4. The molecular formula is C7H20O2Si2. The van der Waals surface area contributed by atoms with E-state index in [0.717, 1.165) is 12.5 Å². The second-order valence-electron chi connectivity index (χ2n) is 3.91. The van der Waals surface area contributed by atoms with Crippen molar-refractivity contribution in [3.8, 4) is 0 Å². The fourth-order valence-electron chi connectivity index (χ4n) is 1.04. The molecule has 4 heteroatoms. The number of hydrogen-bond acceptors (Lipinski definition) is 2. The molecular weight excluding hydrogens is 172 g/mol. The van der Waals surface area contributed by atoms with E-state index in [1.54, 1.807) is 0 Å². The summed E-state index contributed by atoms with van der Waals surface area (Å²) in [5, 5.41) is 8.59. The molecule has 0 radical (unpaired) electrons. The van der Waals surface area contributed by atoms with Crippen LogP contribution in [0.3, 0.4) is 0 Å². The average molecular weight is 192 g/mol. The largest absolute Gasteiger partial charge is 0.458 e. The highest BCUT2D eigenvalue weighted by molar-refractivity contribution is 6.77. The Balaban J connectivity index is 3.44. The molecule has 0 saturated heterocycles. The Morgan fingerprint density at radius 2 is 1.91 bits per heavy atom. The first-order valence-electron chi connectivity index (χ1n) is 4.24. The topological polar surface area (TPSA) is 29.5 Å². The summed E-state index contributed by atoms with van der Waals surface area (Å²) in [5.74, 6) is 0. The summed E-state index contributed by atoms with van der Waals surface area (Å²) in [7, 11) is -2.23. The smallest absolute Gasteiger partial charge is 0.170 e. The maximum atomic E-state index is 8.59. The van der Waals surface area contributed by atoms with Gasteiger partial charge in [0.1, 0.15) is 0 Å². The van der Waals surface area contributed by atoms with E-state index in [4.69, 9.17) is 9.22 Å². The fraction of sp³-hybridized carbons (Fsp3) is 1.00. The van der Waals surface area contributed by atoms with Crippen LogP contribution in [-0.2, 0) is 4.12 Å². The first-order chi connectivity index (χ1) is 4.95. The van der Waals surface area contributed by atoms with Crippen LogP contribution in [0.5, 0.6) is 0 Å². The van der Waals surface area contributed by atoms with Crippen molar-refractivity contribution in [2.24, 2.45) is 0 Å². The van der Waals surface area contributed by atoms with Crippen LogP contribution < -0.4 is 0 Å². The van der Waals surface area contributed by atoms with Gasteiger partial charge in [0, 0.05) is 6.61 Å². The molecule has 11 heavy (non-hydrogen) atoms. The van der Waals surface area contributed by atoms with Gasteiger partial charge in [0.15, 0.2) is 17.4 Å². The first-order valence-corrected chi connectivity index (χ1v) is 10.1. The van der Waals surface area contributed by atoms with Gasteiger partial charge in [0.05, 0.1) is 0 Å². The highest BCUT2D eigenvalue weighted by Gasteiger charge is 2.17. The Hall–Kier alpha value is 0.354. The number of aliphatic hydroxyl groups is 1. The summed E-state index contributed by atoms with van der Waals surface area (Å²) in [6.45, 7) is 9.18. The molecule has 0 aliphatic carbocycles. The van der Waals surface area contributed by atoms with Crippen molar-refractivity contribution in [1.82, 2.24) is 0 Å². The summed E-state index contributed by atoms with van der Waals surface area (Å²) < 4.78 is 5.91. The molecule has 0 aliphatic rings. The molecule has 1 atom stereocenters. The van der Waals surface area contributed by atoms with Crippen molar-refractivity contribution in [3.05, 3.63) is 0 Å². The van der Waals surface area contributed by atoms with Crippen molar-refractivity contribution in [3.63, 3.8) is 0 Å². The Kier molecular flexibility index (Phi) is 5.24. The molecule has 0 saturated carbocycles. The Labute approximate surface area is 72.4 Å². The number of aliphatic hydroxyl groups excluding tert-OH is 1. The minimum atomic E-state index is -1.29. The summed E-state index contributed by atoms with van der Waals surface area (Å²) in [5.41, 5.74) is 0. The second-order valence-corrected chi connectivity index (χ2v) is 11.3. The van der Waals surface area contributed by atoms with E-state index >= 15 is 0 Å². The van der Waals surface area contributed by atoms with Crippen LogP contribution >= 0.6 is 0 Å². The molecule has 1 N–H and O–H groups in total. The average Bonchev–Trinajstić information content (AvgIpc) is 1.79. The third-order valence-electron chi connectivity index (χ3n) is 1.32. The van der Waals surface area contributed by atoms with E-state index in [0.29, 0.717) is 6.61 Å². The predicted octanol–water partition coefficient (Wildman–Crippen LogP) is 1.57. The van der Waals surface area contributed by atoms with Crippen molar-refractivity contribution < 1.29 is 9.22 Å². The van der Waals surface area contributed by atoms with Gasteiger partial charge in [-0.3, -0.25) is 0 Å². The third kappa shape index (κ3) is 8.26. The lowest BCUT2D eigenvalue weighted by atomic mass is 10.5. The Bertz CT molecular complexity index is 101. The lowest BCUT2D eigenvalue weighted by Gasteiger charge is -2.22. The molecule has 0 aromatic heterocycles. The summed E-state index contributed by atoms with van der Waals surface area (Å²) >= 11 is 0. The molecule has 68 valence electrons. The summed E-state index contributed by atoms with van der Waals surface area (Å²) in [6.07, 6.45) is 0.915. The van der Waals surface area contributed by atoms with Crippen LogP contribution in [0.4, 0.5) is 0 Å². The monoisotopic (exact) mass is 192 g/mol. The van der Waals surface area contributed by atoms with Gasteiger partial charge < -0.3 is 9.22 Å². The van der Waals surface area contributed by atoms with Crippen LogP contribution in [0, 0.1) is 0 Å². The molecule has 0 fully saturated rings. The number of rotatable bonds is 5. The molecule has 2 nitrogen and oxygen atoms in total. The molecule has 0 aromatic carbocycles. The van der Waals surface area contributed by atoms with E-state index < -0.39 is 17.4 Å². The molecule has 0 heterocycles. The summed E-state index contributed by atoms with van der Waals surface area (Å²) in [6, 6.07) is 1.11. The van der Waals surface area contributed by atoms with Crippen LogP contribution in [-0.4, -0.2) is 29.1 Å². The minimum absolute atomic E-state index is 0.312. The maximum absolute atomic E-state index is 8.59. The van der Waals surface area contributed by atoms with Crippen LogP contribution in [0.2, 0.25) is 32.2 Å². The van der Waals surface area contributed by atoms with Crippen molar-refractivity contribution >= 4 is 17.4 Å². The predicted molar refractivity (Wildman–Crippen MR) is 54.0 cm³/mol. The Morgan fingerprint density at radius 3 is 2.27 bits per heavy atom. The van der Waals surface area contributed by atoms with Crippen molar-refractivity contribution in [2.45, 2.75) is 38.7 Å². The van der Waals surface area contributed by atoms with Gasteiger partial charge in [0.2, 0.25) is 0 Å². The van der Waals surface area contributed by atoms with Gasteiger partial charge in [-0.25, -0.2) is 0 Å². The van der Waals surface area contributed by atoms with Crippen LogP contribution in [0.15, 0.2) is 0 Å². The second kappa shape index (κ2) is 5.08. The fourth-order valence-corrected chi connectivity index (χ4v) is 7.10. The van der Waals surface area contributed by atoms with E-state index in [1.165, 1.54) is 0 Å². The molecule has 0 bridgehead atoms. The molecule has 0 spiro atoms. The summed E-state index contributed by atoms with van der Waals surface area (Å²) in [4.78, 5) is 0. The van der Waals surface area contributed by atoms with Gasteiger partial charge in [-0.1, -0.05) is 0 Å². The number of hydrogen-bond donors (Lipinski definition) is 1. The molecule has 1 unspecified atom stereocenters. The van der Waals surface area contributed by atoms with Gasteiger partial charge in [-0.15, -0.1) is 0 Å². The molecule has 0 aliphatic heterocycles. The van der Waals surface area contributed by atoms with Gasteiger partial charge in [-0.2, -0.15) is 0 Å². The quantitative estimate of drug-likeness (QED) is 0.670. The highest BCUT2D eigenvalue weighted by Crippen LogP contribution is 2.08. The Morgan fingerprint density at radius 1 is 1.36 bits per heavy atom. The van der Waals surface area contributed by atoms with Crippen molar-refractivity contribution in [2.75, 3.05) is 6.61 Å². The van der Waals surface area contributed by atoms with Crippen LogP contribution in [0.25, 0.3) is 0 Å². The zero-order valence-electron chi connectivity index (χ0n) is 8.05. The third-order valence-corrected chi connectivity index (χ3v) is 6.98. The molecule has 0 aromatic rings. The zero-order valence-corrected chi connectivity index (χ0v) is 10.2. The van der Waals surface area contributed by atoms with Gasteiger partial charge in [-0.05, 0) is 38.7 Å². The SMILES string of the molecule is C[SiH](CCCO)O[Si](C)(C)C. The first kappa shape index (κ1) is 11.4. The van der Waals surface area contributed by atoms with E-state index in [9.17, 15) is 0 Å². The molecule has 0 rings (SSSR count).